The number of aromatic nitrogens is 2. The minimum atomic E-state index is -1.05. The highest BCUT2D eigenvalue weighted by molar-refractivity contribution is 7.19. The van der Waals surface area contributed by atoms with Gasteiger partial charge in [-0.2, -0.15) is 4.90 Å². The van der Waals surface area contributed by atoms with Crippen molar-refractivity contribution in [3.63, 3.8) is 0 Å². The molecular formula is C15H5Cl3N4O4S. The van der Waals surface area contributed by atoms with E-state index in [0.717, 1.165) is 0 Å². The Hall–Kier alpha value is -2.46. The van der Waals surface area contributed by atoms with E-state index in [9.17, 15) is 14.4 Å². The Labute approximate surface area is 169 Å². The Balaban J connectivity index is 1.56. The fraction of sp³-hybridized carbons (Fsp3) is 0. The van der Waals surface area contributed by atoms with Crippen molar-refractivity contribution in [3.8, 4) is 10.8 Å². The van der Waals surface area contributed by atoms with E-state index in [-0.39, 0.29) is 33.1 Å². The van der Waals surface area contributed by atoms with Crippen LogP contribution in [-0.2, 0) is 0 Å². The van der Waals surface area contributed by atoms with Crippen LogP contribution in [0.15, 0.2) is 28.7 Å². The van der Waals surface area contributed by atoms with Gasteiger partial charge in [-0.15, -0.1) is 16.4 Å². The average molecular weight is 444 g/mol. The van der Waals surface area contributed by atoms with E-state index < -0.39 is 17.8 Å². The van der Waals surface area contributed by atoms with Crippen molar-refractivity contribution in [1.29, 1.82) is 0 Å². The molecule has 1 aliphatic rings. The maximum Gasteiger partial charge on any atom is 0.339 e. The first-order valence-electron chi connectivity index (χ1n) is 7.13. The topological polar surface area (TPSA) is 105 Å². The van der Waals surface area contributed by atoms with E-state index in [2.05, 4.69) is 15.5 Å². The lowest BCUT2D eigenvalue weighted by Gasteiger charge is -2.10. The van der Waals surface area contributed by atoms with E-state index in [4.69, 9.17) is 39.2 Å². The molecule has 0 saturated carbocycles. The van der Waals surface area contributed by atoms with Gasteiger partial charge < -0.3 is 4.42 Å². The molecule has 0 atom stereocenters. The second kappa shape index (κ2) is 6.61. The third-order valence-corrected chi connectivity index (χ3v) is 5.49. The quantitative estimate of drug-likeness (QED) is 0.581. The number of carbonyl (C=O) groups is 3. The second-order valence-electron chi connectivity index (χ2n) is 5.20. The summed E-state index contributed by atoms with van der Waals surface area (Å²) in [5.74, 6) is -1.55. The summed E-state index contributed by atoms with van der Waals surface area (Å²) < 4.78 is 5.83. The summed E-state index contributed by atoms with van der Waals surface area (Å²) in [6.45, 7) is 0. The summed E-state index contributed by atoms with van der Waals surface area (Å²) in [6, 6.07) is 4.46. The first-order valence-corrected chi connectivity index (χ1v) is 9.08. The maximum absolute atomic E-state index is 12.4. The number of amides is 4. The average Bonchev–Trinajstić information content (AvgIpc) is 3.30. The molecule has 1 N–H and O–H groups in total. The highest BCUT2D eigenvalue weighted by Crippen LogP contribution is 2.33. The monoisotopic (exact) mass is 442 g/mol. The summed E-state index contributed by atoms with van der Waals surface area (Å²) in [6.07, 6.45) is 0. The first-order chi connectivity index (χ1) is 12.8. The van der Waals surface area contributed by atoms with Crippen LogP contribution in [0.2, 0.25) is 14.4 Å². The number of imide groups is 3. The van der Waals surface area contributed by atoms with Gasteiger partial charge in [0.2, 0.25) is 0 Å². The number of fused-ring (bicyclic) bond motifs is 1. The van der Waals surface area contributed by atoms with Crippen molar-refractivity contribution in [1.82, 2.24) is 15.1 Å². The summed E-state index contributed by atoms with van der Waals surface area (Å²) in [4.78, 5) is 38.2. The molecule has 27 heavy (non-hydrogen) atoms. The summed E-state index contributed by atoms with van der Waals surface area (Å²) in [5, 5.41) is 9.84. The standard InChI is InChI=1S/C15H5Cl3N4O4S/c16-7-3-5-6(4-8(7)17)13(24)22(12(5)23)15(25)19-14-21-20-11(26-14)9-1-2-10(18)27-9/h1-4H,(H,19,21,25). The molecule has 1 aliphatic heterocycles. The van der Waals surface area contributed by atoms with Crippen LogP contribution in [0.25, 0.3) is 10.8 Å². The van der Waals surface area contributed by atoms with Crippen LogP contribution in [0, 0.1) is 0 Å². The van der Waals surface area contributed by atoms with Crippen molar-refractivity contribution in [2.45, 2.75) is 0 Å². The van der Waals surface area contributed by atoms with E-state index in [1.165, 1.54) is 23.5 Å². The third kappa shape index (κ3) is 3.08. The zero-order chi connectivity index (χ0) is 19.3. The molecule has 3 heterocycles. The molecule has 0 unspecified atom stereocenters. The molecule has 12 heteroatoms. The summed E-state index contributed by atoms with van der Waals surface area (Å²) in [5.41, 5.74) is -0.0482. The van der Waals surface area contributed by atoms with Gasteiger partial charge in [0.25, 0.3) is 17.7 Å². The van der Waals surface area contributed by atoms with Crippen molar-refractivity contribution in [3.05, 3.63) is 49.8 Å². The Kier molecular flexibility index (Phi) is 4.39. The highest BCUT2D eigenvalue weighted by atomic mass is 35.5. The number of carbonyl (C=O) groups excluding carboxylic acids is 3. The third-order valence-electron chi connectivity index (χ3n) is 3.55. The van der Waals surface area contributed by atoms with E-state index in [0.29, 0.717) is 14.1 Å². The van der Waals surface area contributed by atoms with Gasteiger partial charge in [-0.25, -0.2) is 4.79 Å². The van der Waals surface area contributed by atoms with Gasteiger partial charge in [-0.3, -0.25) is 14.9 Å². The number of benzene rings is 1. The number of thiophene rings is 1. The molecule has 136 valence electrons. The lowest BCUT2D eigenvalue weighted by Crippen LogP contribution is -2.39. The van der Waals surface area contributed by atoms with Crippen LogP contribution in [-0.4, -0.2) is 32.9 Å². The van der Waals surface area contributed by atoms with Gasteiger partial charge in [-0.1, -0.05) is 39.9 Å². The smallest absolute Gasteiger partial charge is 0.339 e. The van der Waals surface area contributed by atoms with Gasteiger partial charge in [0.15, 0.2) is 0 Å². The molecule has 0 bridgehead atoms. The zero-order valence-electron chi connectivity index (χ0n) is 12.8. The predicted molar refractivity (Wildman–Crippen MR) is 98.6 cm³/mol. The number of urea groups is 1. The molecule has 0 fully saturated rings. The zero-order valence-corrected chi connectivity index (χ0v) is 15.9. The molecule has 4 amide bonds. The van der Waals surface area contributed by atoms with Crippen molar-refractivity contribution >= 4 is 70.0 Å². The number of nitrogens with zero attached hydrogens (tertiary/aromatic N) is 3. The summed E-state index contributed by atoms with van der Waals surface area (Å²) >= 11 is 18.8. The Morgan fingerprint density at radius 3 is 2.22 bits per heavy atom. The van der Waals surface area contributed by atoms with Gasteiger partial charge in [0, 0.05) is 0 Å². The lowest BCUT2D eigenvalue weighted by atomic mass is 10.1. The molecule has 8 nitrogen and oxygen atoms in total. The van der Waals surface area contributed by atoms with Gasteiger partial charge in [0.05, 0.1) is 30.4 Å². The molecule has 0 aliphatic carbocycles. The van der Waals surface area contributed by atoms with Crippen molar-refractivity contribution < 1.29 is 18.8 Å². The molecule has 0 spiro atoms. The van der Waals surface area contributed by atoms with Crippen molar-refractivity contribution in [2.75, 3.05) is 5.32 Å². The fourth-order valence-electron chi connectivity index (χ4n) is 2.37. The van der Waals surface area contributed by atoms with Gasteiger partial charge >= 0.3 is 12.0 Å². The van der Waals surface area contributed by atoms with Crippen LogP contribution in [0.4, 0.5) is 10.8 Å². The minimum absolute atomic E-state index is 0.0241. The van der Waals surface area contributed by atoms with Crippen LogP contribution in [0.5, 0.6) is 0 Å². The lowest BCUT2D eigenvalue weighted by molar-refractivity contribution is 0.0713. The van der Waals surface area contributed by atoms with Crippen LogP contribution in [0.3, 0.4) is 0 Å². The van der Waals surface area contributed by atoms with Crippen LogP contribution >= 0.6 is 46.1 Å². The first kappa shape index (κ1) is 17.9. The highest BCUT2D eigenvalue weighted by Gasteiger charge is 2.41. The number of hydrogen-bond acceptors (Lipinski definition) is 7. The Morgan fingerprint density at radius 2 is 1.67 bits per heavy atom. The number of hydrogen-bond donors (Lipinski definition) is 1. The number of halogens is 3. The molecule has 1 aromatic carbocycles. The molecule has 2 aromatic heterocycles. The predicted octanol–water partition coefficient (Wildman–Crippen LogP) is 4.59. The van der Waals surface area contributed by atoms with Crippen LogP contribution < -0.4 is 5.32 Å². The van der Waals surface area contributed by atoms with E-state index in [1.807, 2.05) is 0 Å². The molecular weight excluding hydrogens is 439 g/mol. The number of anilines is 1. The maximum atomic E-state index is 12.4. The number of rotatable bonds is 2. The number of nitrogens with one attached hydrogen (secondary N) is 1. The normalized spacial score (nSPS) is 13.2. The SMILES string of the molecule is O=C(Nc1nnc(-c2ccc(Cl)s2)o1)N1C(=O)c2cc(Cl)c(Cl)cc2C1=O. The van der Waals surface area contributed by atoms with Crippen LogP contribution in [0.1, 0.15) is 20.7 Å². The largest absolute Gasteiger partial charge is 0.402 e. The Bertz CT molecular complexity index is 1090. The molecule has 0 radical (unpaired) electrons. The molecule has 0 saturated heterocycles. The van der Waals surface area contributed by atoms with Gasteiger partial charge in [-0.05, 0) is 24.3 Å². The minimum Gasteiger partial charge on any atom is -0.402 e. The van der Waals surface area contributed by atoms with Crippen molar-refractivity contribution in [2.24, 2.45) is 0 Å². The fourth-order valence-corrected chi connectivity index (χ4v) is 3.66. The molecule has 4 rings (SSSR count). The van der Waals surface area contributed by atoms with E-state index in [1.54, 1.807) is 12.1 Å². The van der Waals surface area contributed by atoms with Gasteiger partial charge in [0.1, 0.15) is 0 Å². The Morgan fingerprint density at radius 1 is 1.04 bits per heavy atom. The summed E-state index contributed by atoms with van der Waals surface area (Å²) in [7, 11) is 0. The second-order valence-corrected chi connectivity index (χ2v) is 7.73. The van der Waals surface area contributed by atoms with E-state index >= 15 is 0 Å². The molecule has 3 aromatic rings.